The maximum atomic E-state index is 13.5. The van der Waals surface area contributed by atoms with Gasteiger partial charge in [-0.05, 0) is 98.4 Å². The van der Waals surface area contributed by atoms with E-state index in [0.29, 0.717) is 71.1 Å². The van der Waals surface area contributed by atoms with Crippen molar-refractivity contribution in [3.8, 4) is 0 Å². The third kappa shape index (κ3) is 14.2. The molecule has 4 rings (SSSR count). The molecule has 1 saturated heterocycles. The highest BCUT2D eigenvalue weighted by molar-refractivity contribution is 5.90. The van der Waals surface area contributed by atoms with Crippen LogP contribution < -0.4 is 11.1 Å². The van der Waals surface area contributed by atoms with E-state index in [0.717, 1.165) is 22.2 Å². The molecule has 0 atom stereocenters. The number of ether oxygens (including phenoxy) is 3. The summed E-state index contributed by atoms with van der Waals surface area (Å²) in [7, 11) is 0. The van der Waals surface area contributed by atoms with Gasteiger partial charge in [-0.25, -0.2) is 19.4 Å². The van der Waals surface area contributed by atoms with Crippen LogP contribution in [0.4, 0.5) is 20.3 Å². The Labute approximate surface area is 331 Å². The molecule has 15 nitrogen and oxygen atoms in total. The number of nitrogens with one attached hydrogen (secondary N) is 2. The fourth-order valence-electron chi connectivity index (χ4n) is 6.22. The van der Waals surface area contributed by atoms with Gasteiger partial charge in [0.05, 0.1) is 17.6 Å². The van der Waals surface area contributed by atoms with Gasteiger partial charge >= 0.3 is 18.3 Å². The number of benzene rings is 2. The number of amides is 3. The zero-order valence-corrected chi connectivity index (χ0v) is 34.8. The minimum atomic E-state index is -0.695. The van der Waals surface area contributed by atoms with Crippen molar-refractivity contribution in [2.75, 3.05) is 57.7 Å². The number of carbonyl (C=O) groups is 3. The first-order chi connectivity index (χ1) is 26.2. The third-order valence-electron chi connectivity index (χ3n) is 8.71. The molecule has 0 unspecified atom stereocenters. The second kappa shape index (κ2) is 18.7. The van der Waals surface area contributed by atoms with Gasteiger partial charge < -0.3 is 39.2 Å². The van der Waals surface area contributed by atoms with Crippen molar-refractivity contribution in [2.45, 2.75) is 105 Å². The Morgan fingerprint density at radius 2 is 1.07 bits per heavy atom. The van der Waals surface area contributed by atoms with E-state index >= 15 is 0 Å². The molecule has 15 heteroatoms. The Balaban J connectivity index is 1.56. The maximum absolute atomic E-state index is 13.5. The van der Waals surface area contributed by atoms with Crippen molar-refractivity contribution in [1.29, 1.82) is 5.41 Å². The number of para-hydroxylation sites is 2. The topological polar surface area (TPSA) is 172 Å². The summed E-state index contributed by atoms with van der Waals surface area (Å²) >= 11 is 0. The molecule has 0 bridgehead atoms. The van der Waals surface area contributed by atoms with Gasteiger partial charge in [0.15, 0.2) is 5.96 Å². The molecule has 2 aromatic carbocycles. The molecule has 1 fully saturated rings. The summed E-state index contributed by atoms with van der Waals surface area (Å²) in [5.74, 6) is 0.317. The molecule has 1 aliphatic heterocycles. The smallest absolute Gasteiger partial charge is 0.410 e. The number of hydrogen-bond donors (Lipinski definition) is 3. The number of anilines is 1. The Hall–Kier alpha value is -5.05. The van der Waals surface area contributed by atoms with Gasteiger partial charge in [-0.15, -0.1) is 0 Å². The van der Waals surface area contributed by atoms with Crippen LogP contribution in [0.2, 0.25) is 0 Å². The standard InChI is InChI=1S/C41H63N9O6/c1-39(2,3)54-36(51)47-22-13-23-49(38(53)56-41(7,8)9)27-26-48(37(52)55-40(4,5)6)21-12-20-46(24-25-47)28-30-16-18-31(19-17-30)29-50-33-15-11-10-14-32(33)44-35(50)45-34(42)43/h10-11,14-19H,12-13,20-29H2,1-9H3,(H4,42,43,44,45). The van der Waals surface area contributed by atoms with Crippen LogP contribution in [0.5, 0.6) is 0 Å². The summed E-state index contributed by atoms with van der Waals surface area (Å²) in [6, 6.07) is 16.2. The zero-order valence-electron chi connectivity index (χ0n) is 34.8. The van der Waals surface area contributed by atoms with E-state index in [-0.39, 0.29) is 19.0 Å². The van der Waals surface area contributed by atoms with E-state index in [4.69, 9.17) is 25.4 Å². The number of guanidine groups is 1. The minimum Gasteiger partial charge on any atom is -0.444 e. The second-order valence-electron chi connectivity index (χ2n) is 17.3. The Morgan fingerprint density at radius 3 is 1.54 bits per heavy atom. The first-order valence-corrected chi connectivity index (χ1v) is 19.5. The molecule has 56 heavy (non-hydrogen) atoms. The van der Waals surface area contributed by atoms with Crippen molar-refractivity contribution in [1.82, 2.24) is 29.2 Å². The largest absolute Gasteiger partial charge is 0.444 e. The summed E-state index contributed by atoms with van der Waals surface area (Å²) in [5.41, 5.74) is 7.49. The molecule has 0 aliphatic carbocycles. The zero-order chi connectivity index (χ0) is 41.3. The average molecular weight is 778 g/mol. The van der Waals surface area contributed by atoms with Crippen LogP contribution in [-0.4, -0.2) is 123 Å². The molecular formula is C41H63N9O6. The van der Waals surface area contributed by atoms with Crippen molar-refractivity contribution in [3.63, 3.8) is 0 Å². The lowest BCUT2D eigenvalue weighted by molar-refractivity contribution is 0.0101. The van der Waals surface area contributed by atoms with Gasteiger partial charge in [0.25, 0.3) is 0 Å². The maximum Gasteiger partial charge on any atom is 0.410 e. The van der Waals surface area contributed by atoms with Gasteiger partial charge in [0.2, 0.25) is 5.95 Å². The molecule has 1 aliphatic rings. The number of carbonyl (C=O) groups excluding carboxylic acids is 3. The molecule has 0 spiro atoms. The second-order valence-corrected chi connectivity index (χ2v) is 17.3. The van der Waals surface area contributed by atoms with Crippen molar-refractivity contribution < 1.29 is 28.6 Å². The fraction of sp³-hybridized carbons (Fsp3) is 0.585. The molecule has 1 aromatic heterocycles. The third-order valence-corrected chi connectivity index (χ3v) is 8.71. The number of nitrogens with two attached hydrogens (primary N) is 1. The highest BCUT2D eigenvalue weighted by Crippen LogP contribution is 2.22. The summed E-state index contributed by atoms with van der Waals surface area (Å²) in [4.78, 5) is 52.1. The van der Waals surface area contributed by atoms with Crippen LogP contribution in [-0.2, 0) is 27.3 Å². The van der Waals surface area contributed by atoms with Crippen LogP contribution in [0.3, 0.4) is 0 Å². The number of nitrogens with zero attached hydrogens (tertiary/aromatic N) is 6. The quantitative estimate of drug-likeness (QED) is 0.144. The van der Waals surface area contributed by atoms with E-state index < -0.39 is 35.1 Å². The lowest BCUT2D eigenvalue weighted by Gasteiger charge is -2.34. The molecule has 4 N–H and O–H groups in total. The lowest BCUT2D eigenvalue weighted by atomic mass is 10.1. The first-order valence-electron chi connectivity index (χ1n) is 19.5. The van der Waals surface area contributed by atoms with E-state index in [1.54, 1.807) is 14.7 Å². The molecule has 3 aromatic rings. The number of hydrogen-bond acceptors (Lipinski definition) is 9. The highest BCUT2D eigenvalue weighted by Gasteiger charge is 2.28. The van der Waals surface area contributed by atoms with Gasteiger partial charge in [-0.3, -0.25) is 15.6 Å². The fourth-order valence-corrected chi connectivity index (χ4v) is 6.22. The predicted octanol–water partition coefficient (Wildman–Crippen LogP) is 6.70. The van der Waals surface area contributed by atoms with Gasteiger partial charge in [0, 0.05) is 58.9 Å². The predicted molar refractivity (Wildman–Crippen MR) is 219 cm³/mol. The molecule has 3 amide bonds. The number of imidazole rings is 1. The number of fused-ring (bicyclic) bond motifs is 1. The molecular weight excluding hydrogens is 715 g/mol. The van der Waals surface area contributed by atoms with Gasteiger partial charge in [-0.2, -0.15) is 0 Å². The van der Waals surface area contributed by atoms with E-state index in [9.17, 15) is 14.4 Å². The van der Waals surface area contributed by atoms with Gasteiger partial charge in [0.1, 0.15) is 16.8 Å². The van der Waals surface area contributed by atoms with Crippen molar-refractivity contribution in [2.24, 2.45) is 5.73 Å². The average Bonchev–Trinajstić information content (AvgIpc) is 3.40. The van der Waals surface area contributed by atoms with E-state index in [2.05, 4.69) is 39.5 Å². The van der Waals surface area contributed by atoms with E-state index in [1.165, 1.54) is 0 Å². The normalized spacial score (nSPS) is 15.9. The van der Waals surface area contributed by atoms with E-state index in [1.807, 2.05) is 91.1 Å². The number of aromatic nitrogens is 2. The van der Waals surface area contributed by atoms with Crippen LogP contribution in [0.15, 0.2) is 48.5 Å². The first kappa shape index (κ1) is 43.7. The van der Waals surface area contributed by atoms with Crippen LogP contribution in [0.25, 0.3) is 11.0 Å². The number of rotatable bonds is 5. The molecule has 0 saturated carbocycles. The van der Waals surface area contributed by atoms with Crippen molar-refractivity contribution >= 4 is 41.2 Å². The SMILES string of the molecule is CC(C)(C)OC(=O)N1CCCN(C(=O)OC(C)(C)C)CCN(C(=O)OC(C)(C)C)CCCN(Cc2ccc(Cn3c(NC(=N)N)nc4ccccc43)cc2)CC1. The molecule has 2 heterocycles. The Bertz CT molecular complexity index is 1790. The van der Waals surface area contributed by atoms with Gasteiger partial charge in [-0.1, -0.05) is 36.4 Å². The molecule has 308 valence electrons. The van der Waals surface area contributed by atoms with Crippen LogP contribution in [0, 0.1) is 5.41 Å². The molecule has 0 radical (unpaired) electrons. The monoisotopic (exact) mass is 777 g/mol. The highest BCUT2D eigenvalue weighted by atomic mass is 16.6. The summed E-state index contributed by atoms with van der Waals surface area (Å²) in [5, 5.41) is 10.6. The minimum absolute atomic E-state index is 0.184. The van der Waals surface area contributed by atoms with Crippen molar-refractivity contribution in [3.05, 3.63) is 59.7 Å². The summed E-state index contributed by atoms with van der Waals surface area (Å²) in [6.07, 6.45) is -0.182. The summed E-state index contributed by atoms with van der Waals surface area (Å²) in [6.45, 7) is 20.9. The van der Waals surface area contributed by atoms with Crippen LogP contribution in [0.1, 0.15) is 86.3 Å². The van der Waals surface area contributed by atoms with Crippen LogP contribution >= 0.6 is 0 Å². The Morgan fingerprint density at radius 1 is 0.643 bits per heavy atom. The summed E-state index contributed by atoms with van der Waals surface area (Å²) < 4.78 is 19.3. The lowest BCUT2D eigenvalue weighted by Crippen LogP contribution is -2.47. The Kier molecular flexibility index (Phi) is 14.6.